The highest BCUT2D eigenvalue weighted by Crippen LogP contribution is 2.33. The molecule has 0 aliphatic heterocycles. The largest absolute Gasteiger partial charge is 0.465 e. The fourth-order valence-electron chi connectivity index (χ4n) is 2.09. The highest BCUT2D eigenvalue weighted by molar-refractivity contribution is 6.03. The number of carbonyl (C=O) groups excluding carboxylic acids is 1. The maximum atomic E-state index is 11.6. The summed E-state index contributed by atoms with van der Waals surface area (Å²) in [5, 5.41) is 1.00. The van der Waals surface area contributed by atoms with Gasteiger partial charge in [-0.25, -0.2) is 4.79 Å². The SMILES string of the molecule is COC(=O)c1cccc2c3c(oc12)C=CC3. The Morgan fingerprint density at radius 2 is 2.31 bits per heavy atom. The first-order valence-corrected chi connectivity index (χ1v) is 5.10. The lowest BCUT2D eigenvalue weighted by Crippen LogP contribution is -2.01. The molecule has 2 aromatic rings. The number of hydrogen-bond donors (Lipinski definition) is 0. The first-order valence-electron chi connectivity index (χ1n) is 5.10. The van der Waals surface area contributed by atoms with Crippen molar-refractivity contribution in [2.45, 2.75) is 6.42 Å². The van der Waals surface area contributed by atoms with Crippen molar-refractivity contribution >= 4 is 23.0 Å². The number of ether oxygens (including phenoxy) is 1. The van der Waals surface area contributed by atoms with Crippen LogP contribution < -0.4 is 0 Å². The zero-order chi connectivity index (χ0) is 11.1. The zero-order valence-electron chi connectivity index (χ0n) is 8.82. The Balaban J connectivity index is 2.32. The van der Waals surface area contributed by atoms with Crippen molar-refractivity contribution in [3.8, 4) is 0 Å². The van der Waals surface area contributed by atoms with Gasteiger partial charge in [0.15, 0.2) is 0 Å². The molecule has 0 spiro atoms. The second-order valence-corrected chi connectivity index (χ2v) is 3.73. The van der Waals surface area contributed by atoms with Gasteiger partial charge in [0, 0.05) is 10.9 Å². The molecule has 0 N–H and O–H groups in total. The van der Waals surface area contributed by atoms with Crippen molar-refractivity contribution in [3.05, 3.63) is 41.2 Å². The summed E-state index contributed by atoms with van der Waals surface area (Å²) in [6.07, 6.45) is 4.86. The van der Waals surface area contributed by atoms with Crippen LogP contribution in [0.2, 0.25) is 0 Å². The van der Waals surface area contributed by atoms with E-state index < -0.39 is 0 Å². The van der Waals surface area contributed by atoms with E-state index in [1.54, 1.807) is 6.07 Å². The first-order chi connectivity index (χ1) is 7.81. The maximum Gasteiger partial charge on any atom is 0.341 e. The molecule has 1 aromatic heterocycles. The molecule has 0 radical (unpaired) electrons. The number of fused-ring (bicyclic) bond motifs is 3. The average Bonchev–Trinajstić information content (AvgIpc) is 2.87. The van der Waals surface area contributed by atoms with Gasteiger partial charge in [-0.3, -0.25) is 0 Å². The quantitative estimate of drug-likeness (QED) is 0.685. The molecule has 3 rings (SSSR count). The monoisotopic (exact) mass is 214 g/mol. The minimum atomic E-state index is -0.359. The molecule has 3 heteroatoms. The van der Waals surface area contributed by atoms with Gasteiger partial charge in [0.1, 0.15) is 16.9 Å². The fraction of sp³-hybridized carbons (Fsp3) is 0.154. The van der Waals surface area contributed by atoms with Crippen molar-refractivity contribution in [3.63, 3.8) is 0 Å². The second-order valence-electron chi connectivity index (χ2n) is 3.73. The molecule has 0 amide bonds. The third-order valence-electron chi connectivity index (χ3n) is 2.85. The van der Waals surface area contributed by atoms with E-state index in [9.17, 15) is 4.79 Å². The van der Waals surface area contributed by atoms with Gasteiger partial charge in [-0.15, -0.1) is 0 Å². The first kappa shape index (κ1) is 9.21. The van der Waals surface area contributed by atoms with E-state index >= 15 is 0 Å². The number of benzene rings is 1. The zero-order valence-corrected chi connectivity index (χ0v) is 8.82. The van der Waals surface area contributed by atoms with Crippen LogP contribution in [0.25, 0.3) is 17.0 Å². The van der Waals surface area contributed by atoms with Crippen molar-refractivity contribution in [1.82, 2.24) is 0 Å². The summed E-state index contributed by atoms with van der Waals surface area (Å²) in [6.45, 7) is 0. The normalized spacial score (nSPS) is 13.1. The summed E-state index contributed by atoms with van der Waals surface area (Å²) in [6, 6.07) is 5.54. The lowest BCUT2D eigenvalue weighted by Gasteiger charge is -1.99. The smallest absolute Gasteiger partial charge is 0.341 e. The summed E-state index contributed by atoms with van der Waals surface area (Å²) in [5.41, 5.74) is 2.27. The van der Waals surface area contributed by atoms with Gasteiger partial charge in [0.25, 0.3) is 0 Å². The van der Waals surface area contributed by atoms with Crippen molar-refractivity contribution < 1.29 is 13.9 Å². The van der Waals surface area contributed by atoms with Gasteiger partial charge < -0.3 is 9.15 Å². The molecule has 0 fully saturated rings. The molecule has 1 heterocycles. The number of hydrogen-bond acceptors (Lipinski definition) is 3. The summed E-state index contributed by atoms with van der Waals surface area (Å²) in [4.78, 5) is 11.6. The predicted octanol–water partition coefficient (Wildman–Crippen LogP) is 2.79. The molecule has 3 nitrogen and oxygen atoms in total. The summed E-state index contributed by atoms with van der Waals surface area (Å²) in [7, 11) is 1.37. The maximum absolute atomic E-state index is 11.6. The van der Waals surface area contributed by atoms with Crippen LogP contribution in [0.3, 0.4) is 0 Å². The Bertz CT molecular complexity index is 605. The molecule has 0 bridgehead atoms. The third-order valence-corrected chi connectivity index (χ3v) is 2.85. The Morgan fingerprint density at radius 3 is 3.12 bits per heavy atom. The number of methoxy groups -OCH3 is 1. The number of esters is 1. The van der Waals surface area contributed by atoms with Crippen LogP contribution >= 0.6 is 0 Å². The Labute approximate surface area is 92.3 Å². The van der Waals surface area contributed by atoms with E-state index in [1.165, 1.54) is 7.11 Å². The summed E-state index contributed by atoms with van der Waals surface area (Å²) < 4.78 is 10.4. The Morgan fingerprint density at radius 1 is 1.44 bits per heavy atom. The summed E-state index contributed by atoms with van der Waals surface area (Å²) in [5.74, 6) is 0.494. The predicted molar refractivity (Wildman–Crippen MR) is 60.3 cm³/mol. The molecule has 16 heavy (non-hydrogen) atoms. The van der Waals surface area contributed by atoms with Crippen LogP contribution in [0.5, 0.6) is 0 Å². The molecule has 1 aliphatic rings. The van der Waals surface area contributed by atoms with Gasteiger partial charge in [0.2, 0.25) is 0 Å². The average molecular weight is 214 g/mol. The van der Waals surface area contributed by atoms with Crippen molar-refractivity contribution in [1.29, 1.82) is 0 Å². The van der Waals surface area contributed by atoms with Gasteiger partial charge in [0.05, 0.1) is 7.11 Å². The topological polar surface area (TPSA) is 39.4 Å². The van der Waals surface area contributed by atoms with E-state index in [1.807, 2.05) is 18.2 Å². The van der Waals surface area contributed by atoms with E-state index in [2.05, 4.69) is 6.08 Å². The molecular formula is C13H10O3. The number of para-hydroxylation sites is 1. The standard InChI is InChI=1S/C13H10O3/c1-15-13(14)10-6-2-5-9-8-4-3-7-11(8)16-12(9)10/h2-3,5-7H,4H2,1H3. The van der Waals surface area contributed by atoms with E-state index in [0.717, 1.165) is 23.1 Å². The summed E-state index contributed by atoms with van der Waals surface area (Å²) >= 11 is 0. The van der Waals surface area contributed by atoms with E-state index in [0.29, 0.717) is 11.1 Å². The lowest BCUT2D eigenvalue weighted by molar-refractivity contribution is 0.0602. The Hall–Kier alpha value is -2.03. The molecular weight excluding hydrogens is 204 g/mol. The van der Waals surface area contributed by atoms with Crippen molar-refractivity contribution in [2.24, 2.45) is 0 Å². The van der Waals surface area contributed by atoms with Crippen molar-refractivity contribution in [2.75, 3.05) is 7.11 Å². The minimum absolute atomic E-state index is 0.359. The number of allylic oxidation sites excluding steroid dienone is 1. The number of rotatable bonds is 1. The van der Waals surface area contributed by atoms with Crippen LogP contribution in [0.1, 0.15) is 21.7 Å². The Kier molecular flexibility index (Phi) is 1.86. The highest BCUT2D eigenvalue weighted by Gasteiger charge is 2.20. The third kappa shape index (κ3) is 1.11. The van der Waals surface area contributed by atoms with Gasteiger partial charge in [-0.2, -0.15) is 0 Å². The molecule has 1 aliphatic carbocycles. The second kappa shape index (κ2) is 3.23. The number of furan rings is 1. The molecule has 0 atom stereocenters. The van der Waals surface area contributed by atoms with Crippen LogP contribution in [-0.2, 0) is 11.2 Å². The van der Waals surface area contributed by atoms with Crippen LogP contribution in [0.15, 0.2) is 28.7 Å². The van der Waals surface area contributed by atoms with Gasteiger partial charge >= 0.3 is 5.97 Å². The molecule has 0 unspecified atom stereocenters. The molecule has 1 aromatic carbocycles. The van der Waals surface area contributed by atoms with Crippen LogP contribution in [0.4, 0.5) is 0 Å². The number of carbonyl (C=O) groups is 1. The van der Waals surface area contributed by atoms with E-state index in [-0.39, 0.29) is 5.97 Å². The molecule has 0 saturated heterocycles. The van der Waals surface area contributed by atoms with E-state index in [4.69, 9.17) is 9.15 Å². The van der Waals surface area contributed by atoms with Crippen LogP contribution in [-0.4, -0.2) is 13.1 Å². The molecule has 0 saturated carbocycles. The van der Waals surface area contributed by atoms with Gasteiger partial charge in [-0.1, -0.05) is 18.2 Å². The van der Waals surface area contributed by atoms with Gasteiger partial charge in [-0.05, 0) is 18.6 Å². The highest BCUT2D eigenvalue weighted by atomic mass is 16.5. The van der Waals surface area contributed by atoms with Crippen LogP contribution in [0, 0.1) is 0 Å². The molecule has 80 valence electrons. The fourth-order valence-corrected chi connectivity index (χ4v) is 2.09. The minimum Gasteiger partial charge on any atom is -0.465 e. The lowest BCUT2D eigenvalue weighted by atomic mass is 10.1.